The van der Waals surface area contributed by atoms with Gasteiger partial charge in [-0.15, -0.1) is 0 Å². The smallest absolute Gasteiger partial charge is 0.408 e. The number of carbonyl (C=O) groups excluding carboxylic acids is 1. The first-order chi connectivity index (χ1) is 14.4. The Morgan fingerprint density at radius 3 is 2.33 bits per heavy atom. The molecule has 9 nitrogen and oxygen atoms in total. The third-order valence-corrected chi connectivity index (χ3v) is 6.36. The van der Waals surface area contributed by atoms with E-state index in [1.54, 1.807) is 29.2 Å². The van der Waals surface area contributed by atoms with Crippen molar-refractivity contribution in [3.05, 3.63) is 53.0 Å². The van der Waals surface area contributed by atoms with E-state index in [0.29, 0.717) is 16.9 Å². The Labute approximate surface area is 173 Å². The van der Waals surface area contributed by atoms with Gasteiger partial charge in [-0.3, -0.25) is 9.71 Å². The summed E-state index contributed by atoms with van der Waals surface area (Å²) < 4.78 is 32.7. The summed E-state index contributed by atoms with van der Waals surface area (Å²) in [4.78, 5) is 27.9. The number of hydrogen-bond donors (Lipinski definition) is 3. The molecule has 2 aromatic carbocycles. The number of amides is 2. The van der Waals surface area contributed by atoms with Gasteiger partial charge in [-0.2, -0.15) is 0 Å². The molecule has 1 aromatic heterocycles. The van der Waals surface area contributed by atoms with Crippen LogP contribution >= 0.6 is 0 Å². The lowest BCUT2D eigenvalue weighted by Gasteiger charge is -2.20. The Morgan fingerprint density at radius 1 is 0.967 bits per heavy atom. The third-order valence-electron chi connectivity index (χ3n) is 4.98. The number of anilines is 2. The highest BCUT2D eigenvalue weighted by molar-refractivity contribution is 7.92. The first-order valence-corrected chi connectivity index (χ1v) is 11.2. The third kappa shape index (κ3) is 4.48. The maximum Gasteiger partial charge on any atom is 0.417 e. The summed E-state index contributed by atoms with van der Waals surface area (Å²) in [6.07, 6.45) is 4.29. The second-order valence-corrected chi connectivity index (χ2v) is 8.87. The highest BCUT2D eigenvalue weighted by atomic mass is 32.2. The van der Waals surface area contributed by atoms with Gasteiger partial charge in [0.15, 0.2) is 5.58 Å². The summed E-state index contributed by atoms with van der Waals surface area (Å²) in [5.74, 6) is -0.648. The number of fused-ring (bicyclic) bond motifs is 1. The molecule has 0 atom stereocenters. The lowest BCUT2D eigenvalue weighted by Crippen LogP contribution is -2.35. The van der Waals surface area contributed by atoms with Crippen LogP contribution in [0.1, 0.15) is 25.7 Å². The molecule has 3 N–H and O–H groups in total. The topological polar surface area (TPSA) is 125 Å². The van der Waals surface area contributed by atoms with Crippen LogP contribution in [0, 0.1) is 0 Å². The molecule has 158 valence electrons. The summed E-state index contributed by atoms with van der Waals surface area (Å²) in [5, 5.41) is 2.85. The van der Waals surface area contributed by atoms with E-state index in [0.717, 1.165) is 38.8 Å². The van der Waals surface area contributed by atoms with Gasteiger partial charge in [0.25, 0.3) is 10.0 Å². The van der Waals surface area contributed by atoms with Crippen LogP contribution in [0.4, 0.5) is 16.2 Å². The number of likely N-dealkylation sites (tertiary alicyclic amines) is 1. The molecule has 0 aliphatic carbocycles. The van der Waals surface area contributed by atoms with Crippen LogP contribution in [0.3, 0.4) is 0 Å². The zero-order valence-corrected chi connectivity index (χ0v) is 17.0. The van der Waals surface area contributed by atoms with Gasteiger partial charge in [-0.05, 0) is 49.2 Å². The average Bonchev–Trinajstić information content (AvgIpc) is 2.90. The number of aromatic nitrogens is 1. The second kappa shape index (κ2) is 8.23. The van der Waals surface area contributed by atoms with Crippen LogP contribution < -0.4 is 15.8 Å². The Hall–Kier alpha value is -3.27. The zero-order valence-electron chi connectivity index (χ0n) is 16.2. The van der Waals surface area contributed by atoms with Crippen LogP contribution in [0.25, 0.3) is 11.1 Å². The molecule has 1 fully saturated rings. The fourth-order valence-electron chi connectivity index (χ4n) is 3.40. The SMILES string of the molecule is O=C(Nc1ccc(NS(=O)(=O)c2ccc3[nH]c(=O)oc3c2)cc1)N1CCCCCC1. The molecule has 2 amide bonds. The Kier molecular flexibility index (Phi) is 5.49. The Balaban J connectivity index is 1.44. The zero-order chi connectivity index (χ0) is 21.1. The van der Waals surface area contributed by atoms with Gasteiger partial charge in [0.2, 0.25) is 0 Å². The molecule has 4 rings (SSSR count). The van der Waals surface area contributed by atoms with Crippen molar-refractivity contribution in [1.29, 1.82) is 0 Å². The standard InChI is InChI=1S/C20H22N4O5S/c25-19(24-11-3-1-2-4-12-24)21-14-5-7-15(8-6-14)23-30(27,28)16-9-10-17-18(13-16)29-20(26)22-17/h5-10,13,23H,1-4,11-12H2,(H,21,25)(H,22,26). The molecule has 0 bridgehead atoms. The van der Waals surface area contributed by atoms with E-state index in [4.69, 9.17) is 4.42 Å². The number of oxazole rings is 1. The summed E-state index contributed by atoms with van der Waals surface area (Å²) in [6.45, 7) is 1.49. The minimum atomic E-state index is -3.87. The van der Waals surface area contributed by atoms with Crippen LogP contribution in [0.5, 0.6) is 0 Å². The molecule has 0 radical (unpaired) electrons. The minimum absolute atomic E-state index is 0.0312. The fraction of sp³-hybridized carbons (Fsp3) is 0.300. The summed E-state index contributed by atoms with van der Waals surface area (Å²) in [6, 6.07) is 10.4. The summed E-state index contributed by atoms with van der Waals surface area (Å²) >= 11 is 0. The predicted octanol–water partition coefficient (Wildman–Crippen LogP) is 3.33. The van der Waals surface area contributed by atoms with E-state index in [1.807, 2.05) is 0 Å². The van der Waals surface area contributed by atoms with Crippen LogP contribution in [0.2, 0.25) is 0 Å². The average molecular weight is 430 g/mol. The van der Waals surface area contributed by atoms with Crippen molar-refractivity contribution < 1.29 is 17.6 Å². The number of nitrogens with zero attached hydrogens (tertiary/aromatic N) is 1. The number of benzene rings is 2. The monoisotopic (exact) mass is 430 g/mol. The van der Waals surface area contributed by atoms with E-state index < -0.39 is 15.8 Å². The number of hydrogen-bond acceptors (Lipinski definition) is 5. The summed E-state index contributed by atoms with van der Waals surface area (Å²) in [7, 11) is -3.87. The molecule has 10 heteroatoms. The van der Waals surface area contributed by atoms with Crippen LogP contribution in [-0.4, -0.2) is 37.4 Å². The quantitative estimate of drug-likeness (QED) is 0.586. The van der Waals surface area contributed by atoms with Gasteiger partial charge in [0.1, 0.15) is 0 Å². The van der Waals surface area contributed by atoms with Gasteiger partial charge in [-0.25, -0.2) is 18.0 Å². The Bertz CT molecular complexity index is 1210. The maximum absolute atomic E-state index is 12.6. The summed E-state index contributed by atoms with van der Waals surface area (Å²) in [5.41, 5.74) is 1.51. The second-order valence-electron chi connectivity index (χ2n) is 7.19. The molecule has 0 unspecified atom stereocenters. The van der Waals surface area contributed by atoms with Gasteiger partial charge in [-0.1, -0.05) is 12.8 Å². The predicted molar refractivity (Wildman–Crippen MR) is 113 cm³/mol. The highest BCUT2D eigenvalue weighted by Crippen LogP contribution is 2.21. The first-order valence-electron chi connectivity index (χ1n) is 9.72. The van der Waals surface area contributed by atoms with E-state index in [2.05, 4.69) is 15.0 Å². The van der Waals surface area contributed by atoms with Crippen molar-refractivity contribution in [3.8, 4) is 0 Å². The first kappa shape index (κ1) is 20.0. The fourth-order valence-corrected chi connectivity index (χ4v) is 4.48. The molecule has 1 saturated heterocycles. The van der Waals surface area contributed by atoms with E-state index >= 15 is 0 Å². The molecule has 1 aliphatic rings. The van der Waals surface area contributed by atoms with Gasteiger partial charge in [0, 0.05) is 30.5 Å². The molecular formula is C20H22N4O5S. The van der Waals surface area contributed by atoms with Crippen molar-refractivity contribution in [2.45, 2.75) is 30.6 Å². The lowest BCUT2D eigenvalue weighted by molar-refractivity contribution is 0.214. The number of H-pyrrole nitrogens is 1. The maximum atomic E-state index is 12.6. The molecule has 3 aromatic rings. The number of nitrogens with one attached hydrogen (secondary N) is 3. The number of sulfonamides is 1. The van der Waals surface area contributed by atoms with E-state index in [9.17, 15) is 18.0 Å². The molecular weight excluding hydrogens is 408 g/mol. The van der Waals surface area contributed by atoms with Crippen molar-refractivity contribution in [1.82, 2.24) is 9.88 Å². The van der Waals surface area contributed by atoms with Crippen molar-refractivity contribution >= 4 is 38.5 Å². The van der Waals surface area contributed by atoms with E-state index in [-0.39, 0.29) is 16.5 Å². The van der Waals surface area contributed by atoms with E-state index in [1.165, 1.54) is 18.2 Å². The van der Waals surface area contributed by atoms with Gasteiger partial charge < -0.3 is 14.6 Å². The minimum Gasteiger partial charge on any atom is -0.408 e. The number of aromatic amines is 1. The normalized spacial score (nSPS) is 15.0. The molecule has 30 heavy (non-hydrogen) atoms. The van der Waals surface area contributed by atoms with Crippen molar-refractivity contribution in [2.24, 2.45) is 0 Å². The van der Waals surface area contributed by atoms with Crippen LogP contribution in [-0.2, 0) is 10.0 Å². The molecule has 0 spiro atoms. The number of rotatable bonds is 4. The molecule has 2 heterocycles. The number of urea groups is 1. The number of carbonyl (C=O) groups is 1. The Morgan fingerprint density at radius 2 is 1.63 bits per heavy atom. The van der Waals surface area contributed by atoms with Crippen molar-refractivity contribution in [3.63, 3.8) is 0 Å². The molecule has 0 saturated carbocycles. The van der Waals surface area contributed by atoms with Crippen molar-refractivity contribution in [2.75, 3.05) is 23.1 Å². The van der Waals surface area contributed by atoms with Gasteiger partial charge >= 0.3 is 11.8 Å². The van der Waals surface area contributed by atoms with Gasteiger partial charge in [0.05, 0.1) is 10.4 Å². The lowest BCUT2D eigenvalue weighted by atomic mass is 10.2. The largest absolute Gasteiger partial charge is 0.417 e. The van der Waals surface area contributed by atoms with Crippen LogP contribution in [0.15, 0.2) is 56.6 Å². The highest BCUT2D eigenvalue weighted by Gasteiger charge is 2.17. The molecule has 1 aliphatic heterocycles.